The zero-order chi connectivity index (χ0) is 13.1. The van der Waals surface area contributed by atoms with Gasteiger partial charge in [-0.1, -0.05) is 16.4 Å². The number of rotatable bonds is 4. The second-order valence-corrected chi connectivity index (χ2v) is 4.06. The zero-order valence-corrected chi connectivity index (χ0v) is 10.2. The predicted octanol–water partition coefficient (Wildman–Crippen LogP) is 2.12. The van der Waals surface area contributed by atoms with Crippen molar-refractivity contribution in [3.63, 3.8) is 0 Å². The predicted molar refractivity (Wildman–Crippen MR) is 62.4 cm³/mol. The molecule has 1 aromatic heterocycles. The van der Waals surface area contributed by atoms with Crippen LogP contribution in [0.4, 0.5) is 4.39 Å². The summed E-state index contributed by atoms with van der Waals surface area (Å²) in [4.78, 5) is 0. The van der Waals surface area contributed by atoms with Crippen molar-refractivity contribution in [2.45, 2.75) is 26.5 Å². The van der Waals surface area contributed by atoms with Crippen LogP contribution in [-0.2, 0) is 6.61 Å². The van der Waals surface area contributed by atoms with Crippen LogP contribution in [0.1, 0.15) is 29.9 Å². The van der Waals surface area contributed by atoms with Crippen molar-refractivity contribution in [2.24, 2.45) is 5.73 Å². The first-order valence-corrected chi connectivity index (χ1v) is 5.54. The van der Waals surface area contributed by atoms with Gasteiger partial charge in [0.1, 0.15) is 29.6 Å². The van der Waals surface area contributed by atoms with E-state index in [1.807, 2.05) is 6.92 Å². The molecule has 5 nitrogen and oxygen atoms in total. The van der Waals surface area contributed by atoms with Gasteiger partial charge in [-0.3, -0.25) is 0 Å². The Morgan fingerprint density at radius 1 is 1.44 bits per heavy atom. The van der Waals surface area contributed by atoms with Gasteiger partial charge in [-0.2, -0.15) is 0 Å². The highest BCUT2D eigenvalue weighted by atomic mass is 19.1. The van der Waals surface area contributed by atoms with E-state index in [-0.39, 0.29) is 18.5 Å². The molecule has 18 heavy (non-hydrogen) atoms. The van der Waals surface area contributed by atoms with Crippen LogP contribution >= 0.6 is 0 Å². The molecule has 0 saturated carbocycles. The number of aryl methyl sites for hydroxylation is 1. The summed E-state index contributed by atoms with van der Waals surface area (Å²) in [6.45, 7) is 3.73. The molecule has 0 spiro atoms. The molecule has 1 unspecified atom stereocenters. The fourth-order valence-electron chi connectivity index (χ4n) is 1.54. The maximum atomic E-state index is 13.2. The minimum Gasteiger partial charge on any atom is -0.487 e. The van der Waals surface area contributed by atoms with E-state index >= 15 is 0 Å². The van der Waals surface area contributed by atoms with Gasteiger partial charge in [0, 0.05) is 17.7 Å². The highest BCUT2D eigenvalue weighted by Crippen LogP contribution is 2.25. The Hall–Kier alpha value is -1.95. The topological polar surface area (TPSA) is 74.2 Å². The summed E-state index contributed by atoms with van der Waals surface area (Å²) < 4.78 is 23.3. The highest BCUT2D eigenvalue weighted by molar-refractivity contribution is 5.36. The molecule has 1 heterocycles. The molecule has 0 aliphatic carbocycles. The minimum atomic E-state index is -0.371. The molecule has 2 aromatic rings. The lowest BCUT2D eigenvalue weighted by molar-refractivity contribution is 0.267. The van der Waals surface area contributed by atoms with E-state index in [0.717, 1.165) is 5.56 Å². The lowest BCUT2D eigenvalue weighted by Gasteiger charge is -2.13. The van der Waals surface area contributed by atoms with E-state index in [1.54, 1.807) is 13.0 Å². The Labute approximate surface area is 104 Å². The molecule has 0 amide bonds. The summed E-state index contributed by atoms with van der Waals surface area (Å²) in [5, 5.41) is 7.33. The van der Waals surface area contributed by atoms with Crippen molar-refractivity contribution >= 4 is 0 Å². The first-order chi connectivity index (χ1) is 8.58. The molecule has 2 rings (SSSR count). The van der Waals surface area contributed by atoms with E-state index in [9.17, 15) is 4.39 Å². The zero-order valence-electron chi connectivity index (χ0n) is 10.2. The summed E-state index contributed by atoms with van der Waals surface area (Å²) >= 11 is 0. The van der Waals surface area contributed by atoms with Crippen molar-refractivity contribution in [1.29, 1.82) is 0 Å². The number of benzene rings is 1. The molecular weight excluding hydrogens is 237 g/mol. The Kier molecular flexibility index (Phi) is 3.57. The number of nitrogens with zero attached hydrogens (tertiary/aromatic N) is 2. The van der Waals surface area contributed by atoms with Crippen molar-refractivity contribution in [3.05, 3.63) is 41.0 Å². The lowest BCUT2D eigenvalue weighted by atomic mass is 10.1. The Morgan fingerprint density at radius 3 is 2.83 bits per heavy atom. The second-order valence-electron chi connectivity index (χ2n) is 4.06. The summed E-state index contributed by atoms with van der Waals surface area (Å²) in [7, 11) is 0. The summed E-state index contributed by atoms with van der Waals surface area (Å²) in [6.07, 6.45) is 0. The number of halogens is 1. The molecule has 2 N–H and O–H groups in total. The molecule has 0 aliphatic rings. The standard InChI is InChI=1S/C12H14FN3O2/c1-7(14)10-4-3-9(13)5-12(10)17-6-11-8(2)15-18-16-11/h3-5,7H,6,14H2,1-2H3. The number of nitrogens with two attached hydrogens (primary N) is 1. The molecular formula is C12H14FN3O2. The van der Waals surface area contributed by atoms with Crippen LogP contribution in [0.2, 0.25) is 0 Å². The third kappa shape index (κ3) is 2.65. The van der Waals surface area contributed by atoms with E-state index in [1.165, 1.54) is 12.1 Å². The summed E-state index contributed by atoms with van der Waals surface area (Å²) in [6, 6.07) is 4.04. The maximum Gasteiger partial charge on any atom is 0.145 e. The number of aromatic nitrogens is 2. The van der Waals surface area contributed by atoms with Crippen molar-refractivity contribution in [1.82, 2.24) is 10.3 Å². The van der Waals surface area contributed by atoms with E-state index < -0.39 is 0 Å². The summed E-state index contributed by atoms with van der Waals surface area (Å²) in [5.74, 6) is 0.0387. The normalized spacial score (nSPS) is 12.4. The van der Waals surface area contributed by atoms with Gasteiger partial charge in [0.2, 0.25) is 0 Å². The second kappa shape index (κ2) is 5.14. The Bertz CT molecular complexity index is 540. The molecule has 6 heteroatoms. The van der Waals surface area contributed by atoms with Crippen LogP contribution in [0.25, 0.3) is 0 Å². The number of hydrogen-bond donors (Lipinski definition) is 1. The molecule has 1 atom stereocenters. The molecule has 0 aliphatic heterocycles. The molecule has 0 radical (unpaired) electrons. The molecule has 0 bridgehead atoms. The van der Waals surface area contributed by atoms with Gasteiger partial charge in [0.15, 0.2) is 0 Å². The van der Waals surface area contributed by atoms with Gasteiger partial charge in [-0.25, -0.2) is 9.02 Å². The molecule has 0 saturated heterocycles. The van der Waals surface area contributed by atoms with Crippen LogP contribution < -0.4 is 10.5 Å². The maximum absolute atomic E-state index is 13.2. The third-order valence-electron chi connectivity index (χ3n) is 2.58. The number of ether oxygens (including phenoxy) is 1. The third-order valence-corrected chi connectivity index (χ3v) is 2.58. The summed E-state index contributed by atoms with van der Waals surface area (Å²) in [5.41, 5.74) is 7.76. The Balaban J connectivity index is 2.18. The monoisotopic (exact) mass is 251 g/mol. The smallest absolute Gasteiger partial charge is 0.145 e. The van der Waals surface area contributed by atoms with Crippen LogP contribution in [0.3, 0.4) is 0 Å². The SMILES string of the molecule is Cc1nonc1COc1cc(F)ccc1C(C)N. The van der Waals surface area contributed by atoms with Crippen LogP contribution in [0.15, 0.2) is 22.8 Å². The van der Waals surface area contributed by atoms with Gasteiger partial charge >= 0.3 is 0 Å². The van der Waals surface area contributed by atoms with Crippen molar-refractivity contribution in [3.8, 4) is 5.75 Å². The Morgan fingerprint density at radius 2 is 2.22 bits per heavy atom. The first kappa shape index (κ1) is 12.5. The van der Waals surface area contributed by atoms with E-state index in [4.69, 9.17) is 10.5 Å². The van der Waals surface area contributed by atoms with Gasteiger partial charge in [0.05, 0.1) is 0 Å². The van der Waals surface area contributed by atoms with E-state index in [0.29, 0.717) is 17.1 Å². The average molecular weight is 251 g/mol. The quantitative estimate of drug-likeness (QED) is 0.900. The lowest BCUT2D eigenvalue weighted by Crippen LogP contribution is -2.08. The van der Waals surface area contributed by atoms with Crippen LogP contribution in [-0.4, -0.2) is 10.3 Å². The fraction of sp³-hybridized carbons (Fsp3) is 0.333. The largest absolute Gasteiger partial charge is 0.487 e. The van der Waals surface area contributed by atoms with Crippen LogP contribution in [0, 0.1) is 12.7 Å². The van der Waals surface area contributed by atoms with Gasteiger partial charge in [-0.05, 0) is 19.9 Å². The first-order valence-electron chi connectivity index (χ1n) is 5.54. The number of hydrogen-bond acceptors (Lipinski definition) is 5. The van der Waals surface area contributed by atoms with E-state index in [2.05, 4.69) is 14.9 Å². The highest BCUT2D eigenvalue weighted by Gasteiger charge is 2.12. The van der Waals surface area contributed by atoms with Gasteiger partial charge in [0.25, 0.3) is 0 Å². The van der Waals surface area contributed by atoms with Crippen molar-refractivity contribution < 1.29 is 13.8 Å². The fourth-order valence-corrected chi connectivity index (χ4v) is 1.54. The molecule has 1 aromatic carbocycles. The van der Waals surface area contributed by atoms with Crippen LogP contribution in [0.5, 0.6) is 5.75 Å². The molecule has 96 valence electrons. The minimum absolute atomic E-state index is 0.165. The van der Waals surface area contributed by atoms with Crippen molar-refractivity contribution in [2.75, 3.05) is 0 Å². The molecule has 0 fully saturated rings. The average Bonchev–Trinajstić information content (AvgIpc) is 2.72. The van der Waals surface area contributed by atoms with Gasteiger partial charge in [-0.15, -0.1) is 0 Å². The van der Waals surface area contributed by atoms with Gasteiger partial charge < -0.3 is 10.5 Å².